The molecule has 1 atom stereocenters. The number of urea groups is 1. The van der Waals surface area contributed by atoms with Gasteiger partial charge in [-0.2, -0.15) is 0 Å². The molecule has 0 radical (unpaired) electrons. The largest absolute Gasteiger partial charge is 0.432 e. The third-order valence-corrected chi connectivity index (χ3v) is 6.48. The van der Waals surface area contributed by atoms with Crippen LogP contribution in [0.5, 0.6) is 0 Å². The van der Waals surface area contributed by atoms with Crippen molar-refractivity contribution in [2.45, 2.75) is 22.9 Å². The number of carboxylic acids is 1. The van der Waals surface area contributed by atoms with Gasteiger partial charge in [-0.3, -0.25) is 9.36 Å². The Hall–Kier alpha value is -2.54. The van der Waals surface area contributed by atoms with Gasteiger partial charge in [-0.05, 0) is 0 Å². The van der Waals surface area contributed by atoms with Gasteiger partial charge in [0.05, 0.1) is 0 Å². The molecule has 0 aliphatic heterocycles. The van der Waals surface area contributed by atoms with Crippen molar-refractivity contribution in [2.75, 3.05) is 13.7 Å². The number of methoxy groups -OCH3 is 1. The van der Waals surface area contributed by atoms with Gasteiger partial charge in [0.1, 0.15) is 5.52 Å². The van der Waals surface area contributed by atoms with Gasteiger partial charge in [0.15, 0.2) is 0 Å². The number of carboxylic acid groups (broad SMARTS) is 1. The molecule has 0 bridgehead atoms. The Morgan fingerprint density at radius 1 is 1.37 bits per heavy atom. The quantitative estimate of drug-likeness (QED) is 0.223. The minimum Gasteiger partial charge on any atom is -0.432 e. The van der Waals surface area contributed by atoms with Crippen molar-refractivity contribution < 1.29 is 55.1 Å². The minimum absolute atomic E-state index is 0.0244. The van der Waals surface area contributed by atoms with Gasteiger partial charge in [0, 0.05) is 19.7 Å². The fourth-order valence-electron chi connectivity index (χ4n) is 2.20. The van der Waals surface area contributed by atoms with Crippen LogP contribution in [0.2, 0.25) is 3.93 Å². The minimum atomic E-state index is -1.05. The Morgan fingerprint density at radius 3 is 2.60 bits per heavy atom. The number of carbonyl (C=O) groups excluding carboxylic acids is 2. The first-order chi connectivity index (χ1) is 14.1. The summed E-state index contributed by atoms with van der Waals surface area (Å²) < 4.78 is 8.52. The van der Waals surface area contributed by atoms with Crippen LogP contribution in [0.25, 0.3) is 11.2 Å². The van der Waals surface area contributed by atoms with E-state index < -0.39 is 11.9 Å². The normalized spacial score (nSPS) is 11.4. The molecule has 14 heteroatoms. The van der Waals surface area contributed by atoms with E-state index in [0.717, 1.165) is 8.50 Å². The van der Waals surface area contributed by atoms with Crippen molar-refractivity contribution in [3.05, 3.63) is 22.4 Å². The number of imide groups is 1. The second-order valence-corrected chi connectivity index (χ2v) is 8.33. The Labute approximate surface area is 186 Å². The predicted octanol–water partition coefficient (Wildman–Crippen LogP) is -2.77. The number of fused-ring (bicyclic) bond motifs is 1. The maximum atomic E-state index is 11.4. The molecule has 2 heterocycles. The van der Waals surface area contributed by atoms with Gasteiger partial charge < -0.3 is 9.97 Å². The number of hydrogen-bond acceptors (Lipinski definition) is 5. The van der Waals surface area contributed by atoms with Crippen molar-refractivity contribution >= 4 is 29.1 Å². The number of ether oxygens (including phenoxy) is 1. The van der Waals surface area contributed by atoms with E-state index in [0.29, 0.717) is 43.8 Å². The van der Waals surface area contributed by atoms with Gasteiger partial charge in [-0.25, -0.2) is 9.36 Å². The van der Waals surface area contributed by atoms with Crippen LogP contribution in [0.4, 0.5) is 0 Å². The fraction of sp³-hybridized carbons (Fsp3) is 0.500. The maximum absolute atomic E-state index is 11.4. The summed E-state index contributed by atoms with van der Waals surface area (Å²) in [5.41, 5.74) is 0.242. The average Bonchev–Trinajstić information content (AvgIpc) is 3.20. The Bertz CT molecular complexity index is 1010. The monoisotopic (exact) mass is 614 g/mol. The molecular weight excluding hydrogens is 589 g/mol. The molecule has 1 unspecified atom stereocenters. The Kier molecular flexibility index (Phi) is 10.4. The molecule has 0 aliphatic carbocycles. The van der Waals surface area contributed by atoms with Crippen LogP contribution >= 0.6 is 0 Å². The summed E-state index contributed by atoms with van der Waals surface area (Å²) in [6.45, 7) is 0.408. The average molecular weight is 613 g/mol. The molecule has 2 aromatic heterocycles. The summed E-state index contributed by atoms with van der Waals surface area (Å²) in [5, 5.41) is 13.1. The number of nitrogens with zero attached hydrogens (tertiary/aromatic N) is 4. The second-order valence-electron chi connectivity index (χ2n) is 6.09. The number of aryl methyl sites for hydroxylation is 1. The maximum Gasteiger partial charge on any atom is 0.430 e. The summed E-state index contributed by atoms with van der Waals surface area (Å²) in [4.78, 5) is 59.2. The standard InChI is InChI=1S/C9H15N2O5.C7H8N4O2.Hg/c1-6(16-2)5-10-9(15)11-7(12)3-4-8(13)14;1-10-5-4(8-3-9-5)6(12)11(2)7(10)13;/h6H,1,3-5H2,2H3,(H,13,14)(H2,10,11,12,15);3H,1-2H3,(H,8,9,12);/q;;+1/p+1. The molecule has 0 aromatic carbocycles. The van der Waals surface area contributed by atoms with E-state index in [9.17, 15) is 24.0 Å². The second kappa shape index (κ2) is 12.2. The molecule has 0 fully saturated rings. The topological polar surface area (TPSA) is 184 Å². The zero-order valence-electron chi connectivity index (χ0n) is 17.0. The first kappa shape index (κ1) is 25.5. The first-order valence-corrected chi connectivity index (χ1v) is 12.7. The van der Waals surface area contributed by atoms with Crippen LogP contribution in [0.1, 0.15) is 12.8 Å². The van der Waals surface area contributed by atoms with E-state index in [2.05, 4.69) is 20.6 Å². The van der Waals surface area contributed by atoms with Crippen LogP contribution in [0, 0.1) is 0 Å². The van der Waals surface area contributed by atoms with Crippen molar-refractivity contribution in [3.63, 3.8) is 0 Å². The van der Waals surface area contributed by atoms with E-state index in [1.54, 1.807) is 14.2 Å². The summed E-state index contributed by atoms with van der Waals surface area (Å²) in [6.07, 6.45) is 0.904. The van der Waals surface area contributed by atoms with Crippen molar-refractivity contribution in [1.82, 2.24) is 29.7 Å². The Balaban J connectivity index is 0.000000308. The first-order valence-electron chi connectivity index (χ1n) is 8.81. The number of carbonyl (C=O) groups is 2. The number of aliphatic carboxylic acids is 1. The van der Waals surface area contributed by atoms with Gasteiger partial charge in [-0.1, -0.05) is 6.33 Å². The number of imidazole rings is 1. The summed E-state index contributed by atoms with van der Waals surface area (Å²) in [5.74, 6) is -1.59. The summed E-state index contributed by atoms with van der Waals surface area (Å²) in [6, 6.07) is -0.371. The van der Waals surface area contributed by atoms with Gasteiger partial charge in [0.2, 0.25) is 0 Å². The molecule has 30 heavy (non-hydrogen) atoms. The van der Waals surface area contributed by atoms with E-state index in [-0.39, 0.29) is 36.2 Å². The van der Waals surface area contributed by atoms with Crippen molar-refractivity contribution in [3.8, 4) is 0 Å². The van der Waals surface area contributed by atoms with E-state index in [1.807, 2.05) is 0 Å². The summed E-state index contributed by atoms with van der Waals surface area (Å²) >= 11 is 0.601. The molecule has 160 valence electrons. The van der Waals surface area contributed by atoms with E-state index >= 15 is 0 Å². The molecule has 0 saturated heterocycles. The summed E-state index contributed by atoms with van der Waals surface area (Å²) in [7, 11) is 4.65. The van der Waals surface area contributed by atoms with Gasteiger partial charge in [-0.15, -0.1) is 0 Å². The van der Waals surface area contributed by atoms with Gasteiger partial charge in [0.25, 0.3) is 0 Å². The van der Waals surface area contributed by atoms with E-state index in [4.69, 9.17) is 9.84 Å². The molecule has 0 aliphatic rings. The number of nitrogens with one attached hydrogen (secondary N) is 2. The molecule has 0 spiro atoms. The fourth-order valence-corrected chi connectivity index (χ4v) is 3.91. The van der Waals surface area contributed by atoms with E-state index in [1.165, 1.54) is 17.9 Å². The smallest absolute Gasteiger partial charge is 0.430 e. The third kappa shape index (κ3) is 7.37. The molecule has 13 nitrogen and oxygen atoms in total. The number of hydrogen-bond donors (Lipinski definition) is 3. The SMILES string of the molecule is COC([CH2][Hg+])CNC(=[OH+])NC(=O)CCC(=O)O.Cn1c(=[OH+])c2[n-]cnc2n(C)c1=O. The van der Waals surface area contributed by atoms with Crippen LogP contribution in [0.3, 0.4) is 0 Å². The molecular formula is C16H24HgN6O7+2. The molecule has 0 saturated carbocycles. The molecule has 3 amide bonds. The number of rotatable bonds is 7. The van der Waals surface area contributed by atoms with Gasteiger partial charge >= 0.3 is 127 Å². The molecule has 2 aromatic rings. The van der Waals surface area contributed by atoms with Crippen LogP contribution in [-0.2, 0) is 54.5 Å². The van der Waals surface area contributed by atoms with Crippen molar-refractivity contribution in [2.24, 2.45) is 14.1 Å². The number of aromatic nitrogens is 4. The Morgan fingerprint density at radius 2 is 2.03 bits per heavy atom. The van der Waals surface area contributed by atoms with Crippen molar-refractivity contribution in [1.29, 1.82) is 0 Å². The third-order valence-electron chi connectivity index (χ3n) is 3.98. The van der Waals surface area contributed by atoms with Crippen LogP contribution in [-0.4, -0.2) is 66.5 Å². The van der Waals surface area contributed by atoms with Crippen LogP contribution in [0.15, 0.2) is 11.1 Å². The molecule has 5 N–H and O–H groups in total. The number of amides is 3. The van der Waals surface area contributed by atoms with Crippen LogP contribution < -0.4 is 26.9 Å². The predicted molar refractivity (Wildman–Crippen MR) is 99.9 cm³/mol. The zero-order chi connectivity index (χ0) is 22.8. The zero-order valence-corrected chi connectivity index (χ0v) is 22.5. The molecule has 2 rings (SSSR count).